The molecule has 1 amide bonds. The highest BCUT2D eigenvalue weighted by Crippen LogP contribution is 2.41. The average Bonchev–Trinajstić information content (AvgIpc) is 3.22. The van der Waals surface area contributed by atoms with E-state index in [1.165, 1.54) is 0 Å². The second-order valence-corrected chi connectivity index (χ2v) is 8.20. The number of carbonyl (C=O) groups excluding carboxylic acids is 1. The van der Waals surface area contributed by atoms with Gasteiger partial charge in [0.1, 0.15) is 11.9 Å². The summed E-state index contributed by atoms with van der Waals surface area (Å²) in [5.41, 5.74) is 3.10. The maximum Gasteiger partial charge on any atom is 0.262 e. The lowest BCUT2D eigenvalue weighted by atomic mass is 10.0. The molecule has 2 aliphatic heterocycles. The van der Waals surface area contributed by atoms with Gasteiger partial charge in [-0.2, -0.15) is 0 Å². The zero-order valence-electron chi connectivity index (χ0n) is 16.2. The van der Waals surface area contributed by atoms with Gasteiger partial charge in [0.25, 0.3) is 5.91 Å². The Balaban J connectivity index is 1.63. The van der Waals surface area contributed by atoms with Crippen LogP contribution in [-0.4, -0.2) is 19.3 Å². The molecule has 5 rings (SSSR count). The molecule has 2 aliphatic rings. The van der Waals surface area contributed by atoms with Crippen LogP contribution in [0.4, 0.5) is 11.4 Å². The molecule has 30 heavy (non-hydrogen) atoms. The predicted octanol–water partition coefficient (Wildman–Crippen LogP) is 5.19. The van der Waals surface area contributed by atoms with E-state index in [1.54, 1.807) is 4.90 Å². The van der Waals surface area contributed by atoms with Crippen LogP contribution in [0.15, 0.2) is 60.7 Å². The number of fused-ring (bicyclic) bond motifs is 2. The van der Waals surface area contributed by atoms with E-state index in [0.717, 1.165) is 26.3 Å². The van der Waals surface area contributed by atoms with Crippen molar-refractivity contribution in [3.05, 3.63) is 75.4 Å². The molecule has 0 saturated heterocycles. The van der Waals surface area contributed by atoms with Gasteiger partial charge in [-0.15, -0.1) is 0 Å². The number of nitrogens with one attached hydrogen (secondary N) is 1. The Kier molecular flexibility index (Phi) is 4.90. The summed E-state index contributed by atoms with van der Waals surface area (Å²) >= 11 is 2.22. The molecule has 0 unspecified atom stereocenters. The largest absolute Gasteiger partial charge is 0.494 e. The fourth-order valence-electron chi connectivity index (χ4n) is 3.75. The van der Waals surface area contributed by atoms with Crippen LogP contribution in [0, 0.1) is 3.57 Å². The van der Waals surface area contributed by atoms with Crippen LogP contribution >= 0.6 is 22.6 Å². The minimum absolute atomic E-state index is 0.0708. The predicted molar refractivity (Wildman–Crippen MR) is 123 cm³/mol. The molecule has 0 aromatic heterocycles. The van der Waals surface area contributed by atoms with Crippen LogP contribution in [0.2, 0.25) is 0 Å². The van der Waals surface area contributed by atoms with E-state index in [-0.39, 0.29) is 12.7 Å². The molecule has 0 saturated carbocycles. The first kappa shape index (κ1) is 19.0. The number of hydrogen-bond acceptors (Lipinski definition) is 5. The van der Waals surface area contributed by atoms with Gasteiger partial charge in [-0.3, -0.25) is 9.69 Å². The maximum atomic E-state index is 13.6. The number of carbonyl (C=O) groups is 1. The summed E-state index contributed by atoms with van der Waals surface area (Å²) in [6.07, 6.45) is -0.406. The van der Waals surface area contributed by atoms with E-state index >= 15 is 0 Å². The van der Waals surface area contributed by atoms with Gasteiger partial charge in [0.05, 0.1) is 17.9 Å². The molecule has 0 bridgehead atoms. The minimum atomic E-state index is -0.406. The number of halogens is 1. The molecule has 0 aliphatic carbocycles. The molecule has 0 fully saturated rings. The van der Waals surface area contributed by atoms with Crippen molar-refractivity contribution in [3.63, 3.8) is 0 Å². The van der Waals surface area contributed by atoms with Crippen molar-refractivity contribution >= 4 is 39.9 Å². The molecule has 6 nitrogen and oxygen atoms in total. The Morgan fingerprint density at radius 3 is 2.83 bits per heavy atom. The lowest BCUT2D eigenvalue weighted by molar-refractivity contribution is 0.0974. The highest BCUT2D eigenvalue weighted by atomic mass is 127. The van der Waals surface area contributed by atoms with E-state index in [9.17, 15) is 4.79 Å². The quantitative estimate of drug-likeness (QED) is 0.486. The highest BCUT2D eigenvalue weighted by Gasteiger charge is 2.35. The Morgan fingerprint density at radius 1 is 1.10 bits per heavy atom. The second kappa shape index (κ2) is 7.71. The van der Waals surface area contributed by atoms with Crippen molar-refractivity contribution in [2.24, 2.45) is 0 Å². The molecule has 1 atom stereocenters. The molecule has 3 aromatic carbocycles. The third kappa shape index (κ3) is 3.32. The summed E-state index contributed by atoms with van der Waals surface area (Å²) in [5.74, 6) is 2.04. The molecule has 152 valence electrons. The van der Waals surface area contributed by atoms with Crippen LogP contribution < -0.4 is 24.4 Å². The molecule has 1 N–H and O–H groups in total. The summed E-state index contributed by atoms with van der Waals surface area (Å²) in [6, 6.07) is 19.2. The monoisotopic (exact) mass is 514 g/mol. The summed E-state index contributed by atoms with van der Waals surface area (Å²) in [4.78, 5) is 15.4. The van der Waals surface area contributed by atoms with Crippen LogP contribution in [0.3, 0.4) is 0 Å². The second-order valence-electron chi connectivity index (χ2n) is 6.96. The zero-order valence-corrected chi connectivity index (χ0v) is 18.4. The first-order valence-electron chi connectivity index (χ1n) is 9.66. The highest BCUT2D eigenvalue weighted by molar-refractivity contribution is 14.1. The molecule has 2 heterocycles. The van der Waals surface area contributed by atoms with Crippen LogP contribution in [-0.2, 0) is 0 Å². The zero-order chi connectivity index (χ0) is 20.7. The third-order valence-electron chi connectivity index (χ3n) is 5.10. The normalized spacial score (nSPS) is 16.8. The van der Waals surface area contributed by atoms with Crippen molar-refractivity contribution in [1.29, 1.82) is 0 Å². The van der Waals surface area contributed by atoms with Crippen molar-refractivity contribution in [2.75, 3.05) is 23.6 Å². The van der Waals surface area contributed by atoms with Gasteiger partial charge >= 0.3 is 0 Å². The van der Waals surface area contributed by atoms with E-state index in [1.807, 2.05) is 67.6 Å². The number of nitrogens with zero attached hydrogens (tertiary/aromatic N) is 1. The topological polar surface area (TPSA) is 60.0 Å². The summed E-state index contributed by atoms with van der Waals surface area (Å²) < 4.78 is 17.7. The smallest absolute Gasteiger partial charge is 0.262 e. The number of amides is 1. The van der Waals surface area contributed by atoms with Crippen molar-refractivity contribution in [1.82, 2.24) is 0 Å². The Labute approximate surface area is 187 Å². The first-order valence-corrected chi connectivity index (χ1v) is 10.7. The number of benzene rings is 3. The Bertz CT molecular complexity index is 1130. The standard InChI is InChI=1S/C23H19IN2O4/c1-2-28-17-5-3-4-16(12-17)26-22(14-6-9-20-21(10-14)30-13-29-20)25-19-8-7-15(24)11-18(19)23(26)27/h3-12,22,25H,2,13H2,1H3/t22-/m0/s1. The SMILES string of the molecule is CCOc1cccc(N2C(=O)c3cc(I)ccc3N[C@@H]2c2ccc3c(c2)OCO3)c1. The van der Waals surface area contributed by atoms with Gasteiger partial charge in [-0.25, -0.2) is 0 Å². The molecule has 0 spiro atoms. The van der Waals surface area contributed by atoms with Crippen LogP contribution in [0.25, 0.3) is 0 Å². The van der Waals surface area contributed by atoms with Crippen molar-refractivity contribution in [2.45, 2.75) is 13.1 Å². The van der Waals surface area contributed by atoms with Gasteiger partial charge in [-0.05, 0) is 77.5 Å². The van der Waals surface area contributed by atoms with E-state index in [4.69, 9.17) is 14.2 Å². The summed E-state index contributed by atoms with van der Waals surface area (Å²) in [7, 11) is 0. The fraction of sp³-hybridized carbons (Fsp3) is 0.174. The van der Waals surface area contributed by atoms with Crippen LogP contribution in [0.5, 0.6) is 17.2 Å². The molecular formula is C23H19IN2O4. The van der Waals surface area contributed by atoms with Gasteiger partial charge in [0.2, 0.25) is 6.79 Å². The lowest BCUT2D eigenvalue weighted by Crippen LogP contribution is -2.43. The fourth-order valence-corrected chi connectivity index (χ4v) is 4.24. The number of anilines is 2. The third-order valence-corrected chi connectivity index (χ3v) is 5.77. The van der Waals surface area contributed by atoms with Crippen molar-refractivity contribution in [3.8, 4) is 17.2 Å². The van der Waals surface area contributed by atoms with E-state index in [0.29, 0.717) is 23.7 Å². The van der Waals surface area contributed by atoms with Gasteiger partial charge in [0, 0.05) is 15.3 Å². The minimum Gasteiger partial charge on any atom is -0.494 e. The van der Waals surface area contributed by atoms with Gasteiger partial charge in [0.15, 0.2) is 11.5 Å². The van der Waals surface area contributed by atoms with Gasteiger partial charge in [-0.1, -0.05) is 12.1 Å². The summed E-state index contributed by atoms with van der Waals surface area (Å²) in [6.45, 7) is 2.70. The van der Waals surface area contributed by atoms with E-state index in [2.05, 4.69) is 27.9 Å². The molecule has 7 heteroatoms. The molecular weight excluding hydrogens is 495 g/mol. The Morgan fingerprint density at radius 2 is 1.97 bits per heavy atom. The average molecular weight is 514 g/mol. The Hall–Kier alpha value is -2.94. The molecule has 3 aromatic rings. The van der Waals surface area contributed by atoms with Gasteiger partial charge < -0.3 is 19.5 Å². The number of hydrogen-bond donors (Lipinski definition) is 1. The summed E-state index contributed by atoms with van der Waals surface area (Å²) in [5, 5.41) is 3.53. The van der Waals surface area contributed by atoms with Crippen LogP contribution in [0.1, 0.15) is 29.0 Å². The number of ether oxygens (including phenoxy) is 3. The number of rotatable bonds is 4. The maximum absolute atomic E-state index is 13.6. The van der Waals surface area contributed by atoms with E-state index < -0.39 is 6.17 Å². The molecule has 0 radical (unpaired) electrons. The van der Waals surface area contributed by atoms with Crippen molar-refractivity contribution < 1.29 is 19.0 Å². The lowest BCUT2D eigenvalue weighted by Gasteiger charge is -2.38. The first-order chi connectivity index (χ1) is 14.6.